The molecule has 1 N–H and O–H groups in total. The molecule has 0 atom stereocenters. The van der Waals surface area contributed by atoms with E-state index in [0.717, 1.165) is 16.9 Å². The largest absolute Gasteiger partial charge is 0.350 e. The predicted molar refractivity (Wildman–Crippen MR) is 87.9 cm³/mol. The van der Waals surface area contributed by atoms with Crippen LogP contribution in [0.15, 0.2) is 41.8 Å². The van der Waals surface area contributed by atoms with Gasteiger partial charge in [0.15, 0.2) is 0 Å². The number of carbonyl (C=O) groups is 1. The number of rotatable bonds is 5. The number of benzene rings is 1. The van der Waals surface area contributed by atoms with Gasteiger partial charge in [-0.3, -0.25) is 4.79 Å². The molecule has 0 radical (unpaired) electrons. The van der Waals surface area contributed by atoms with Crippen LogP contribution in [-0.4, -0.2) is 15.5 Å². The lowest BCUT2D eigenvalue weighted by Gasteiger charge is -2.09. The number of para-hydroxylation sites is 2. The minimum Gasteiger partial charge on any atom is -0.350 e. The highest BCUT2D eigenvalue weighted by molar-refractivity contribution is 7.09. The first-order valence-electron chi connectivity index (χ1n) is 7.55. The molecule has 1 saturated carbocycles. The third-order valence-electron chi connectivity index (χ3n) is 3.97. The second-order valence-corrected chi connectivity index (χ2v) is 6.71. The fraction of sp³-hybridized carbons (Fsp3) is 0.294. The number of fused-ring (bicyclic) bond motifs is 1. The third-order valence-corrected chi connectivity index (χ3v) is 4.84. The number of nitrogens with one attached hydrogen (secondary N) is 1. The summed E-state index contributed by atoms with van der Waals surface area (Å²) >= 11 is 1.66. The molecule has 2 heterocycles. The normalized spacial score (nSPS) is 14.4. The maximum Gasteiger partial charge on any atom is 0.240 e. The molecule has 112 valence electrons. The number of hydrogen-bond donors (Lipinski definition) is 1. The van der Waals surface area contributed by atoms with E-state index in [-0.39, 0.29) is 5.91 Å². The second kappa shape index (κ2) is 5.57. The molecule has 0 bridgehead atoms. The highest BCUT2D eigenvalue weighted by Crippen LogP contribution is 2.40. The molecule has 0 aliphatic heterocycles. The monoisotopic (exact) mass is 311 g/mol. The van der Waals surface area contributed by atoms with Crippen molar-refractivity contribution in [3.05, 3.63) is 52.5 Å². The molecule has 4 rings (SSSR count). The van der Waals surface area contributed by atoms with Crippen LogP contribution in [0.25, 0.3) is 11.0 Å². The lowest BCUT2D eigenvalue weighted by Crippen LogP contribution is -2.27. The van der Waals surface area contributed by atoms with Crippen molar-refractivity contribution in [2.24, 2.45) is 0 Å². The third kappa shape index (κ3) is 2.64. The predicted octanol–water partition coefficient (Wildman–Crippen LogP) is 3.29. The number of amides is 1. The summed E-state index contributed by atoms with van der Waals surface area (Å²) in [6.45, 7) is 0.944. The van der Waals surface area contributed by atoms with E-state index in [2.05, 4.69) is 9.88 Å². The zero-order valence-electron chi connectivity index (χ0n) is 12.2. The number of carbonyl (C=O) groups excluding carboxylic acids is 1. The molecule has 1 aliphatic rings. The van der Waals surface area contributed by atoms with Crippen LogP contribution < -0.4 is 5.32 Å². The Morgan fingerprint density at radius 2 is 2.14 bits per heavy atom. The van der Waals surface area contributed by atoms with Crippen LogP contribution in [-0.2, 0) is 17.9 Å². The molecule has 1 fully saturated rings. The maximum absolute atomic E-state index is 12.3. The van der Waals surface area contributed by atoms with Crippen LogP contribution in [0.3, 0.4) is 0 Å². The molecule has 1 aromatic carbocycles. The molecular weight excluding hydrogens is 294 g/mol. The fourth-order valence-electron chi connectivity index (χ4n) is 2.71. The summed E-state index contributed by atoms with van der Waals surface area (Å²) in [7, 11) is 0. The molecule has 3 aromatic rings. The summed E-state index contributed by atoms with van der Waals surface area (Å²) < 4.78 is 2.08. The smallest absolute Gasteiger partial charge is 0.240 e. The standard InChI is InChI=1S/C17H17N3OS/c21-16(18-10-13-4-3-9-22-13)11-20-15-6-2-1-5-14(15)19-17(20)12-7-8-12/h1-6,9,12H,7-8,10-11H2,(H,18,21). The van der Waals surface area contributed by atoms with E-state index < -0.39 is 0 Å². The van der Waals surface area contributed by atoms with Gasteiger partial charge >= 0.3 is 0 Å². The van der Waals surface area contributed by atoms with Gasteiger partial charge in [-0.1, -0.05) is 18.2 Å². The quantitative estimate of drug-likeness (QED) is 0.786. The van der Waals surface area contributed by atoms with Crippen molar-refractivity contribution in [3.63, 3.8) is 0 Å². The molecular formula is C17H17N3OS. The van der Waals surface area contributed by atoms with E-state index in [0.29, 0.717) is 19.0 Å². The zero-order chi connectivity index (χ0) is 14.9. The van der Waals surface area contributed by atoms with E-state index in [1.165, 1.54) is 17.7 Å². The van der Waals surface area contributed by atoms with E-state index in [1.54, 1.807) is 11.3 Å². The van der Waals surface area contributed by atoms with Crippen molar-refractivity contribution < 1.29 is 4.79 Å². The molecule has 5 heteroatoms. The van der Waals surface area contributed by atoms with Gasteiger partial charge in [0.1, 0.15) is 12.4 Å². The Balaban J connectivity index is 1.55. The topological polar surface area (TPSA) is 46.9 Å². The molecule has 1 aliphatic carbocycles. The number of thiophene rings is 1. The van der Waals surface area contributed by atoms with Crippen molar-refractivity contribution in [1.29, 1.82) is 0 Å². The van der Waals surface area contributed by atoms with Crippen molar-refractivity contribution in [1.82, 2.24) is 14.9 Å². The summed E-state index contributed by atoms with van der Waals surface area (Å²) in [6, 6.07) is 12.1. The average Bonchev–Trinajstić information content (AvgIpc) is 3.12. The van der Waals surface area contributed by atoms with Gasteiger partial charge in [0.25, 0.3) is 0 Å². The Bertz CT molecular complexity index is 803. The first-order valence-corrected chi connectivity index (χ1v) is 8.43. The van der Waals surface area contributed by atoms with Crippen LogP contribution in [0, 0.1) is 0 Å². The Labute approximate surface area is 132 Å². The van der Waals surface area contributed by atoms with Crippen molar-refractivity contribution in [3.8, 4) is 0 Å². The summed E-state index contributed by atoms with van der Waals surface area (Å²) in [5, 5.41) is 5.02. The summed E-state index contributed by atoms with van der Waals surface area (Å²) in [5.41, 5.74) is 2.03. The van der Waals surface area contributed by atoms with E-state index in [4.69, 9.17) is 4.98 Å². The Morgan fingerprint density at radius 1 is 1.27 bits per heavy atom. The second-order valence-electron chi connectivity index (χ2n) is 5.68. The Kier molecular flexibility index (Phi) is 3.42. The fourth-order valence-corrected chi connectivity index (χ4v) is 3.36. The Morgan fingerprint density at radius 3 is 2.91 bits per heavy atom. The SMILES string of the molecule is O=C(Cn1c(C2CC2)nc2ccccc21)NCc1cccs1. The molecule has 22 heavy (non-hydrogen) atoms. The van der Waals surface area contributed by atoms with E-state index in [1.807, 2.05) is 41.8 Å². The van der Waals surface area contributed by atoms with Gasteiger partial charge in [-0.15, -0.1) is 11.3 Å². The molecule has 0 spiro atoms. The van der Waals surface area contributed by atoms with E-state index in [9.17, 15) is 4.79 Å². The van der Waals surface area contributed by atoms with Gasteiger partial charge < -0.3 is 9.88 Å². The molecule has 1 amide bonds. The molecule has 0 unspecified atom stereocenters. The van der Waals surface area contributed by atoms with Crippen molar-refractivity contribution >= 4 is 28.3 Å². The highest BCUT2D eigenvalue weighted by atomic mass is 32.1. The van der Waals surface area contributed by atoms with Crippen molar-refractivity contribution in [2.45, 2.75) is 31.8 Å². The van der Waals surface area contributed by atoms with Gasteiger partial charge in [-0.2, -0.15) is 0 Å². The van der Waals surface area contributed by atoms with Crippen LogP contribution in [0.1, 0.15) is 29.5 Å². The minimum atomic E-state index is 0.0402. The minimum absolute atomic E-state index is 0.0402. The molecule has 4 nitrogen and oxygen atoms in total. The maximum atomic E-state index is 12.3. The number of hydrogen-bond acceptors (Lipinski definition) is 3. The summed E-state index contributed by atoms with van der Waals surface area (Å²) in [6.07, 6.45) is 2.36. The number of aromatic nitrogens is 2. The lowest BCUT2D eigenvalue weighted by molar-refractivity contribution is -0.121. The number of imidazole rings is 1. The molecule has 2 aromatic heterocycles. The van der Waals surface area contributed by atoms with Crippen LogP contribution in [0.2, 0.25) is 0 Å². The average molecular weight is 311 g/mol. The summed E-state index contributed by atoms with van der Waals surface area (Å²) in [4.78, 5) is 18.2. The highest BCUT2D eigenvalue weighted by Gasteiger charge is 2.30. The van der Waals surface area contributed by atoms with Crippen LogP contribution in [0.4, 0.5) is 0 Å². The molecule has 0 saturated heterocycles. The summed E-state index contributed by atoms with van der Waals surface area (Å²) in [5.74, 6) is 1.63. The zero-order valence-corrected chi connectivity index (χ0v) is 13.0. The van der Waals surface area contributed by atoms with Gasteiger partial charge in [-0.05, 0) is 36.4 Å². The van der Waals surface area contributed by atoms with Gasteiger partial charge in [0.2, 0.25) is 5.91 Å². The van der Waals surface area contributed by atoms with Gasteiger partial charge in [0.05, 0.1) is 17.6 Å². The Hall–Kier alpha value is -2.14. The first-order chi connectivity index (χ1) is 10.8. The van der Waals surface area contributed by atoms with Crippen LogP contribution >= 0.6 is 11.3 Å². The number of nitrogens with zero attached hydrogens (tertiary/aromatic N) is 2. The van der Waals surface area contributed by atoms with E-state index >= 15 is 0 Å². The van der Waals surface area contributed by atoms with Gasteiger partial charge in [0, 0.05) is 10.8 Å². The lowest BCUT2D eigenvalue weighted by atomic mass is 10.3. The first kappa shape index (κ1) is 13.5. The van der Waals surface area contributed by atoms with Crippen molar-refractivity contribution in [2.75, 3.05) is 0 Å². The van der Waals surface area contributed by atoms with Crippen LogP contribution in [0.5, 0.6) is 0 Å². The van der Waals surface area contributed by atoms with Gasteiger partial charge in [-0.25, -0.2) is 4.98 Å².